The quantitative estimate of drug-likeness (QED) is 0.768. The average Bonchev–Trinajstić information content (AvgIpc) is 3.27. The zero-order valence-corrected chi connectivity index (χ0v) is 13.8. The van der Waals surface area contributed by atoms with Crippen LogP contribution in [0.3, 0.4) is 0 Å². The number of amides is 2. The molecule has 0 aliphatic carbocycles. The molecular weight excluding hydrogens is 348 g/mol. The zero-order chi connectivity index (χ0) is 17.6. The number of ether oxygens (including phenoxy) is 2. The van der Waals surface area contributed by atoms with E-state index in [4.69, 9.17) is 25.5 Å². The molecule has 25 heavy (non-hydrogen) atoms. The Bertz CT molecular complexity index is 802. The van der Waals surface area contributed by atoms with E-state index in [9.17, 15) is 9.59 Å². The Kier molecular flexibility index (Phi) is 5.25. The molecule has 2 amide bonds. The van der Waals surface area contributed by atoms with E-state index in [0.29, 0.717) is 27.8 Å². The van der Waals surface area contributed by atoms with Gasteiger partial charge in [0, 0.05) is 6.08 Å². The van der Waals surface area contributed by atoms with Crippen LogP contribution < -0.4 is 20.1 Å². The van der Waals surface area contributed by atoms with Gasteiger partial charge in [0.2, 0.25) is 18.6 Å². The zero-order valence-electron chi connectivity index (χ0n) is 13.1. The van der Waals surface area contributed by atoms with Gasteiger partial charge in [0.15, 0.2) is 11.5 Å². The normalized spacial score (nSPS) is 12.4. The van der Waals surface area contributed by atoms with E-state index < -0.39 is 5.91 Å². The van der Waals surface area contributed by atoms with Crippen LogP contribution >= 0.6 is 11.6 Å². The van der Waals surface area contributed by atoms with Gasteiger partial charge in [-0.2, -0.15) is 0 Å². The largest absolute Gasteiger partial charge is 0.467 e. The van der Waals surface area contributed by atoms with Crippen molar-refractivity contribution < 1.29 is 23.5 Å². The van der Waals surface area contributed by atoms with Gasteiger partial charge in [-0.1, -0.05) is 11.6 Å². The van der Waals surface area contributed by atoms with Crippen molar-refractivity contribution in [2.24, 2.45) is 0 Å². The lowest BCUT2D eigenvalue weighted by Crippen LogP contribution is -2.35. The first-order valence-corrected chi connectivity index (χ1v) is 7.84. The predicted molar refractivity (Wildman–Crippen MR) is 90.2 cm³/mol. The second kappa shape index (κ2) is 7.76. The Labute approximate surface area is 148 Å². The molecule has 0 saturated carbocycles. The highest BCUT2D eigenvalue weighted by atomic mass is 35.5. The molecule has 1 aromatic carbocycles. The van der Waals surface area contributed by atoms with Crippen LogP contribution in [-0.4, -0.2) is 25.2 Å². The first kappa shape index (κ1) is 16.9. The van der Waals surface area contributed by atoms with Crippen molar-refractivity contribution >= 4 is 29.5 Å². The molecular formula is C17H15ClN2O5. The molecule has 0 bridgehead atoms. The lowest BCUT2D eigenvalue weighted by molar-refractivity contribution is -0.124. The molecule has 2 heterocycles. The Morgan fingerprint density at radius 2 is 2.12 bits per heavy atom. The molecule has 0 unspecified atom stereocenters. The summed E-state index contributed by atoms with van der Waals surface area (Å²) in [4.78, 5) is 23.4. The van der Waals surface area contributed by atoms with Gasteiger partial charge in [-0.05, 0) is 35.9 Å². The molecule has 0 spiro atoms. The van der Waals surface area contributed by atoms with Crippen molar-refractivity contribution in [1.29, 1.82) is 0 Å². The maximum Gasteiger partial charge on any atom is 0.244 e. The summed E-state index contributed by atoms with van der Waals surface area (Å²) in [5, 5.41) is 5.53. The van der Waals surface area contributed by atoms with Crippen molar-refractivity contribution in [2.45, 2.75) is 6.54 Å². The standard InChI is InChI=1S/C17H15ClN2O5/c18-13-6-11(7-14-17(13)25-10-24-14)3-4-15(21)20-9-16(22)19-8-12-2-1-5-23-12/h1-7H,8-10H2,(H,19,22)(H,20,21)/b4-3+. The number of benzene rings is 1. The van der Waals surface area contributed by atoms with Crippen LogP contribution in [0.5, 0.6) is 11.5 Å². The van der Waals surface area contributed by atoms with Crippen LogP contribution in [0.2, 0.25) is 5.02 Å². The van der Waals surface area contributed by atoms with E-state index in [1.165, 1.54) is 12.3 Å². The van der Waals surface area contributed by atoms with Crippen LogP contribution in [-0.2, 0) is 16.1 Å². The van der Waals surface area contributed by atoms with Crippen LogP contribution in [0, 0.1) is 0 Å². The van der Waals surface area contributed by atoms with Crippen LogP contribution in [0.25, 0.3) is 6.08 Å². The second-order valence-electron chi connectivity index (χ2n) is 5.14. The SMILES string of the molecule is O=C(/C=C/c1cc(Cl)c2c(c1)OCO2)NCC(=O)NCc1ccco1. The summed E-state index contributed by atoms with van der Waals surface area (Å²) in [7, 11) is 0. The van der Waals surface area contributed by atoms with Crippen molar-refractivity contribution in [3.8, 4) is 11.5 Å². The third-order valence-corrected chi connectivity index (χ3v) is 3.62. The van der Waals surface area contributed by atoms with Gasteiger partial charge in [0.05, 0.1) is 24.4 Å². The first-order valence-electron chi connectivity index (χ1n) is 7.46. The Morgan fingerprint density at radius 1 is 1.24 bits per heavy atom. The summed E-state index contributed by atoms with van der Waals surface area (Å²) in [6.07, 6.45) is 4.41. The number of nitrogens with one attached hydrogen (secondary N) is 2. The number of hydrogen-bond acceptors (Lipinski definition) is 5. The number of carbonyl (C=O) groups is 2. The summed E-state index contributed by atoms with van der Waals surface area (Å²) in [6.45, 7) is 0.259. The van der Waals surface area contributed by atoms with Gasteiger partial charge < -0.3 is 24.5 Å². The Balaban J connectivity index is 1.46. The lowest BCUT2D eigenvalue weighted by Gasteiger charge is -2.04. The summed E-state index contributed by atoms with van der Waals surface area (Å²) in [5.74, 6) is 0.951. The van der Waals surface area contributed by atoms with Crippen LogP contribution in [0.1, 0.15) is 11.3 Å². The number of rotatable bonds is 6. The summed E-state index contributed by atoms with van der Waals surface area (Å²) < 4.78 is 15.6. The molecule has 2 N–H and O–H groups in total. The fourth-order valence-electron chi connectivity index (χ4n) is 2.14. The molecule has 0 radical (unpaired) electrons. The van der Waals surface area contributed by atoms with Gasteiger partial charge in [0.25, 0.3) is 0 Å². The van der Waals surface area contributed by atoms with Crippen molar-refractivity contribution in [1.82, 2.24) is 10.6 Å². The fourth-order valence-corrected chi connectivity index (χ4v) is 2.42. The first-order chi connectivity index (χ1) is 12.1. The predicted octanol–water partition coefficient (Wildman–Crippen LogP) is 2.11. The molecule has 0 saturated heterocycles. The van der Waals surface area contributed by atoms with E-state index in [1.807, 2.05) is 0 Å². The molecule has 0 fully saturated rings. The maximum atomic E-state index is 11.8. The molecule has 3 rings (SSSR count). The van der Waals surface area contributed by atoms with E-state index >= 15 is 0 Å². The summed E-state index contributed by atoms with van der Waals surface area (Å²) in [6, 6.07) is 6.86. The van der Waals surface area contributed by atoms with Crippen molar-refractivity contribution in [3.05, 3.63) is 53.0 Å². The molecule has 130 valence electrons. The highest BCUT2D eigenvalue weighted by Gasteiger charge is 2.17. The third kappa shape index (κ3) is 4.54. The number of halogens is 1. The minimum atomic E-state index is -0.401. The highest BCUT2D eigenvalue weighted by Crippen LogP contribution is 2.39. The van der Waals surface area contributed by atoms with Gasteiger partial charge in [-0.25, -0.2) is 0 Å². The number of hydrogen-bond donors (Lipinski definition) is 2. The fraction of sp³-hybridized carbons (Fsp3) is 0.176. The molecule has 1 aliphatic rings. The van der Waals surface area contributed by atoms with Crippen molar-refractivity contribution in [2.75, 3.05) is 13.3 Å². The van der Waals surface area contributed by atoms with Crippen LogP contribution in [0.4, 0.5) is 0 Å². The Morgan fingerprint density at radius 3 is 2.92 bits per heavy atom. The second-order valence-corrected chi connectivity index (χ2v) is 5.55. The van der Waals surface area contributed by atoms with Gasteiger partial charge in [-0.15, -0.1) is 0 Å². The minimum absolute atomic E-state index is 0.121. The van der Waals surface area contributed by atoms with Crippen molar-refractivity contribution in [3.63, 3.8) is 0 Å². The Hall–Kier alpha value is -2.93. The molecule has 1 aliphatic heterocycles. The molecule has 0 atom stereocenters. The number of fused-ring (bicyclic) bond motifs is 1. The van der Waals surface area contributed by atoms with E-state index in [-0.39, 0.29) is 25.8 Å². The van der Waals surface area contributed by atoms with E-state index in [0.717, 1.165) is 0 Å². The monoisotopic (exact) mass is 362 g/mol. The van der Waals surface area contributed by atoms with Gasteiger partial charge in [-0.3, -0.25) is 9.59 Å². The van der Waals surface area contributed by atoms with Crippen LogP contribution in [0.15, 0.2) is 41.0 Å². The van der Waals surface area contributed by atoms with Gasteiger partial charge >= 0.3 is 0 Å². The number of carbonyl (C=O) groups excluding carboxylic acids is 2. The third-order valence-electron chi connectivity index (χ3n) is 3.34. The maximum absolute atomic E-state index is 11.8. The smallest absolute Gasteiger partial charge is 0.244 e. The summed E-state index contributed by atoms with van der Waals surface area (Å²) >= 11 is 6.07. The highest BCUT2D eigenvalue weighted by molar-refractivity contribution is 6.32. The summed E-state index contributed by atoms with van der Waals surface area (Å²) in [5.41, 5.74) is 0.687. The van der Waals surface area contributed by atoms with Gasteiger partial charge in [0.1, 0.15) is 5.76 Å². The number of furan rings is 1. The average molecular weight is 363 g/mol. The topological polar surface area (TPSA) is 89.8 Å². The minimum Gasteiger partial charge on any atom is -0.467 e. The molecule has 7 nitrogen and oxygen atoms in total. The lowest BCUT2D eigenvalue weighted by atomic mass is 10.2. The van der Waals surface area contributed by atoms with E-state index in [2.05, 4.69) is 10.6 Å². The molecule has 8 heteroatoms. The van der Waals surface area contributed by atoms with E-state index in [1.54, 1.807) is 30.3 Å². The molecule has 1 aromatic heterocycles. The molecule has 2 aromatic rings.